The summed E-state index contributed by atoms with van der Waals surface area (Å²) in [7, 11) is 2.97. The third kappa shape index (κ3) is 3.16. The van der Waals surface area contributed by atoms with Gasteiger partial charge in [0.05, 0.1) is 20.1 Å². The lowest BCUT2D eigenvalue weighted by atomic mass is 9.92. The quantitative estimate of drug-likeness (QED) is 0.875. The Kier molecular flexibility index (Phi) is 4.60. The molecule has 2 rings (SSSR count). The van der Waals surface area contributed by atoms with Crippen molar-refractivity contribution < 1.29 is 23.8 Å². The lowest BCUT2D eigenvalue weighted by Gasteiger charge is -2.23. The SMILES string of the molecule is COc1cc(C2CC(C(=O)O)CN2)cc(C(C)(C)F)c1OC. The van der Waals surface area contributed by atoms with E-state index in [2.05, 4.69) is 5.32 Å². The van der Waals surface area contributed by atoms with Crippen LogP contribution in [0.25, 0.3) is 0 Å². The summed E-state index contributed by atoms with van der Waals surface area (Å²) in [5.74, 6) is -0.436. The highest BCUT2D eigenvalue weighted by molar-refractivity contribution is 5.71. The van der Waals surface area contributed by atoms with Crippen LogP contribution in [-0.4, -0.2) is 31.8 Å². The molecule has 0 aromatic heterocycles. The summed E-state index contributed by atoms with van der Waals surface area (Å²) in [6.45, 7) is 3.31. The van der Waals surface area contributed by atoms with E-state index in [1.807, 2.05) is 0 Å². The number of rotatable bonds is 5. The van der Waals surface area contributed by atoms with Gasteiger partial charge in [0.25, 0.3) is 0 Å². The first kappa shape index (κ1) is 16.5. The molecule has 2 N–H and O–H groups in total. The lowest BCUT2D eigenvalue weighted by Crippen LogP contribution is -2.18. The summed E-state index contributed by atoms with van der Waals surface area (Å²) in [6.07, 6.45) is 0.469. The van der Waals surface area contributed by atoms with Gasteiger partial charge in [-0.15, -0.1) is 0 Å². The van der Waals surface area contributed by atoms with Crippen LogP contribution in [0.15, 0.2) is 12.1 Å². The minimum absolute atomic E-state index is 0.137. The molecule has 6 heteroatoms. The van der Waals surface area contributed by atoms with Crippen LogP contribution in [0.4, 0.5) is 4.39 Å². The zero-order valence-corrected chi connectivity index (χ0v) is 13.3. The van der Waals surface area contributed by atoms with Gasteiger partial charge >= 0.3 is 5.97 Å². The van der Waals surface area contributed by atoms with Crippen molar-refractivity contribution in [3.05, 3.63) is 23.3 Å². The summed E-state index contributed by atoms with van der Waals surface area (Å²) in [5.41, 5.74) is -0.397. The van der Waals surface area contributed by atoms with E-state index in [1.165, 1.54) is 28.1 Å². The molecule has 1 aromatic rings. The van der Waals surface area contributed by atoms with Gasteiger partial charge in [-0.25, -0.2) is 4.39 Å². The molecule has 0 bridgehead atoms. The molecule has 5 nitrogen and oxygen atoms in total. The normalized spacial score (nSPS) is 21.7. The molecule has 1 heterocycles. The van der Waals surface area contributed by atoms with Crippen molar-refractivity contribution in [1.29, 1.82) is 0 Å². The molecule has 0 aliphatic carbocycles. The van der Waals surface area contributed by atoms with E-state index >= 15 is 0 Å². The van der Waals surface area contributed by atoms with Gasteiger partial charge in [-0.05, 0) is 38.0 Å². The van der Waals surface area contributed by atoms with Crippen LogP contribution in [0.5, 0.6) is 11.5 Å². The van der Waals surface area contributed by atoms with E-state index in [-0.39, 0.29) is 6.04 Å². The number of methoxy groups -OCH3 is 2. The fourth-order valence-electron chi connectivity index (χ4n) is 2.81. The van der Waals surface area contributed by atoms with E-state index in [1.54, 1.807) is 12.1 Å². The predicted octanol–water partition coefficient (Wildman–Crippen LogP) is 2.64. The zero-order valence-electron chi connectivity index (χ0n) is 13.3. The topological polar surface area (TPSA) is 67.8 Å². The molecule has 1 aliphatic heterocycles. The van der Waals surface area contributed by atoms with E-state index in [0.717, 1.165) is 5.56 Å². The average Bonchev–Trinajstić information content (AvgIpc) is 2.94. The van der Waals surface area contributed by atoms with Gasteiger partial charge < -0.3 is 19.9 Å². The monoisotopic (exact) mass is 311 g/mol. The van der Waals surface area contributed by atoms with Crippen LogP contribution in [0, 0.1) is 5.92 Å². The number of benzene rings is 1. The lowest BCUT2D eigenvalue weighted by molar-refractivity contribution is -0.141. The number of carbonyl (C=O) groups is 1. The Balaban J connectivity index is 2.43. The second-order valence-corrected chi connectivity index (χ2v) is 6.01. The maximum Gasteiger partial charge on any atom is 0.307 e. The highest BCUT2D eigenvalue weighted by Gasteiger charge is 2.33. The second-order valence-electron chi connectivity index (χ2n) is 6.01. The summed E-state index contributed by atoms with van der Waals surface area (Å²) < 4.78 is 25.1. The molecule has 2 atom stereocenters. The van der Waals surface area contributed by atoms with Gasteiger partial charge in [-0.3, -0.25) is 4.79 Å². The molecule has 0 radical (unpaired) electrons. The molecule has 2 unspecified atom stereocenters. The van der Waals surface area contributed by atoms with Crippen molar-refractivity contribution in [1.82, 2.24) is 5.32 Å². The fourth-order valence-corrected chi connectivity index (χ4v) is 2.81. The smallest absolute Gasteiger partial charge is 0.307 e. The van der Waals surface area contributed by atoms with Crippen LogP contribution in [0.3, 0.4) is 0 Å². The number of alkyl halides is 1. The summed E-state index contributed by atoms with van der Waals surface area (Å²) in [4.78, 5) is 11.1. The van der Waals surface area contributed by atoms with Gasteiger partial charge in [0.1, 0.15) is 5.67 Å². The molecule has 0 saturated carbocycles. The third-order valence-corrected chi connectivity index (χ3v) is 4.02. The Morgan fingerprint density at radius 1 is 1.36 bits per heavy atom. The van der Waals surface area contributed by atoms with E-state index in [0.29, 0.717) is 30.0 Å². The van der Waals surface area contributed by atoms with Crippen molar-refractivity contribution in [2.45, 2.75) is 32.0 Å². The standard InChI is InChI=1S/C16H22FNO4/c1-16(2,17)11-5-9(7-13(21-3)14(11)22-4)12-6-10(8-18-12)15(19)20/h5,7,10,12,18H,6,8H2,1-4H3,(H,19,20). The van der Waals surface area contributed by atoms with Crippen molar-refractivity contribution in [2.75, 3.05) is 20.8 Å². The molecule has 1 aromatic carbocycles. The fraction of sp³-hybridized carbons (Fsp3) is 0.562. The van der Waals surface area contributed by atoms with E-state index < -0.39 is 17.6 Å². The molecule has 0 spiro atoms. The maximum atomic E-state index is 14.5. The molecule has 122 valence electrons. The molecule has 0 amide bonds. The Bertz CT molecular complexity index is 568. The van der Waals surface area contributed by atoms with Crippen LogP contribution < -0.4 is 14.8 Å². The van der Waals surface area contributed by atoms with Crippen LogP contribution in [0.1, 0.15) is 37.4 Å². The number of aliphatic carboxylic acids is 1. The Hall–Kier alpha value is -1.82. The average molecular weight is 311 g/mol. The number of ether oxygens (including phenoxy) is 2. The largest absolute Gasteiger partial charge is 0.493 e. The summed E-state index contributed by atoms with van der Waals surface area (Å²) in [6, 6.07) is 3.36. The van der Waals surface area contributed by atoms with Gasteiger partial charge in [-0.1, -0.05) is 0 Å². The van der Waals surface area contributed by atoms with Crippen LogP contribution in [0.2, 0.25) is 0 Å². The van der Waals surface area contributed by atoms with Gasteiger partial charge in [0.2, 0.25) is 0 Å². The predicted molar refractivity (Wildman–Crippen MR) is 80.2 cm³/mol. The molecule has 1 aliphatic rings. The maximum absolute atomic E-state index is 14.5. The minimum Gasteiger partial charge on any atom is -0.493 e. The summed E-state index contributed by atoms with van der Waals surface area (Å²) in [5, 5.41) is 12.3. The van der Waals surface area contributed by atoms with Crippen molar-refractivity contribution in [3.8, 4) is 11.5 Å². The van der Waals surface area contributed by atoms with Gasteiger partial charge in [0, 0.05) is 18.2 Å². The van der Waals surface area contributed by atoms with Gasteiger partial charge in [-0.2, -0.15) is 0 Å². The molecular formula is C16H22FNO4. The third-order valence-electron chi connectivity index (χ3n) is 4.02. The van der Waals surface area contributed by atoms with Crippen molar-refractivity contribution >= 4 is 5.97 Å². The van der Waals surface area contributed by atoms with Gasteiger partial charge in [0.15, 0.2) is 11.5 Å². The van der Waals surface area contributed by atoms with Crippen molar-refractivity contribution in [2.24, 2.45) is 5.92 Å². The molecular weight excluding hydrogens is 289 g/mol. The summed E-state index contributed by atoms with van der Waals surface area (Å²) >= 11 is 0. The molecule has 1 fully saturated rings. The highest BCUT2D eigenvalue weighted by Crippen LogP contribution is 2.42. The number of carboxylic acid groups (broad SMARTS) is 1. The molecule has 1 saturated heterocycles. The van der Waals surface area contributed by atoms with Crippen LogP contribution in [-0.2, 0) is 10.5 Å². The Morgan fingerprint density at radius 3 is 2.50 bits per heavy atom. The number of halogens is 1. The Morgan fingerprint density at radius 2 is 2.05 bits per heavy atom. The first-order valence-corrected chi connectivity index (χ1v) is 7.19. The number of hydrogen-bond acceptors (Lipinski definition) is 4. The minimum atomic E-state index is -1.60. The number of carboxylic acids is 1. The highest BCUT2D eigenvalue weighted by atomic mass is 19.1. The second kappa shape index (κ2) is 6.12. The van der Waals surface area contributed by atoms with Crippen LogP contribution >= 0.6 is 0 Å². The van der Waals surface area contributed by atoms with E-state index in [4.69, 9.17) is 14.6 Å². The van der Waals surface area contributed by atoms with Crippen molar-refractivity contribution in [3.63, 3.8) is 0 Å². The number of nitrogens with one attached hydrogen (secondary N) is 1. The first-order chi connectivity index (χ1) is 10.3. The molecule has 22 heavy (non-hydrogen) atoms. The zero-order chi connectivity index (χ0) is 16.5. The van der Waals surface area contributed by atoms with E-state index in [9.17, 15) is 9.18 Å². The Labute approximate surface area is 129 Å². The first-order valence-electron chi connectivity index (χ1n) is 7.19. The number of hydrogen-bond donors (Lipinski definition) is 2.